The third-order valence-corrected chi connectivity index (χ3v) is 6.37. The topological polar surface area (TPSA) is 85.4 Å². The Balaban J connectivity index is 1.62. The highest BCUT2D eigenvalue weighted by Crippen LogP contribution is 2.34. The van der Waals surface area contributed by atoms with E-state index in [1.54, 1.807) is 18.2 Å². The third-order valence-electron chi connectivity index (χ3n) is 5.46. The predicted molar refractivity (Wildman–Crippen MR) is 126 cm³/mol. The number of non-ortho nitro benzene ring substituents is 1. The van der Waals surface area contributed by atoms with E-state index < -0.39 is 4.92 Å². The van der Waals surface area contributed by atoms with Crippen LogP contribution in [0.5, 0.6) is 0 Å². The Hall–Kier alpha value is -3.39. The quantitative estimate of drug-likeness (QED) is 0.187. The van der Waals surface area contributed by atoms with Gasteiger partial charge in [0.25, 0.3) is 16.8 Å². The van der Waals surface area contributed by atoms with Gasteiger partial charge in [0, 0.05) is 47.9 Å². The number of imide groups is 1. The molecular formula is C24H23N3O4S. The number of para-hydroxylation sites is 1. The number of aromatic nitrogens is 1. The Morgan fingerprint density at radius 2 is 1.81 bits per heavy atom. The zero-order valence-electron chi connectivity index (χ0n) is 17.7. The second-order valence-electron chi connectivity index (χ2n) is 7.69. The maximum atomic E-state index is 12.8. The Labute approximate surface area is 189 Å². The molecule has 0 spiro atoms. The van der Waals surface area contributed by atoms with E-state index in [0.717, 1.165) is 53.1 Å². The van der Waals surface area contributed by atoms with Crippen LogP contribution in [0.25, 0.3) is 17.0 Å². The number of hydrogen-bond donors (Lipinski definition) is 0. The van der Waals surface area contributed by atoms with Crippen molar-refractivity contribution in [3.05, 3.63) is 80.9 Å². The van der Waals surface area contributed by atoms with Crippen LogP contribution in [-0.2, 0) is 11.3 Å². The average Bonchev–Trinajstić information content (AvgIpc) is 3.26. The summed E-state index contributed by atoms with van der Waals surface area (Å²) in [6.07, 6.45) is 6.57. The van der Waals surface area contributed by atoms with Crippen LogP contribution >= 0.6 is 11.8 Å². The first-order valence-electron chi connectivity index (χ1n) is 10.5. The van der Waals surface area contributed by atoms with Crippen molar-refractivity contribution in [3.8, 4) is 0 Å². The van der Waals surface area contributed by atoms with E-state index in [-0.39, 0.29) is 16.8 Å². The first-order valence-corrected chi connectivity index (χ1v) is 11.4. The number of unbranched alkanes of at least 4 members (excludes halogenated alkanes) is 2. The van der Waals surface area contributed by atoms with Gasteiger partial charge in [0.2, 0.25) is 0 Å². The van der Waals surface area contributed by atoms with Gasteiger partial charge in [-0.05, 0) is 35.9 Å². The highest BCUT2D eigenvalue weighted by molar-refractivity contribution is 8.18. The zero-order chi connectivity index (χ0) is 22.7. The van der Waals surface area contributed by atoms with E-state index in [9.17, 15) is 19.7 Å². The summed E-state index contributed by atoms with van der Waals surface area (Å²) in [5.41, 5.74) is 2.83. The SMILES string of the molecule is CCCCCN1C(=O)S/C(=C\c2cn(Cc3ccc([N+](=O)[O-])cc3)c3ccccc23)C1=O. The van der Waals surface area contributed by atoms with Crippen molar-refractivity contribution in [1.82, 2.24) is 9.47 Å². The molecule has 2 heterocycles. The normalized spacial score (nSPS) is 15.3. The summed E-state index contributed by atoms with van der Waals surface area (Å²) in [6, 6.07) is 14.3. The van der Waals surface area contributed by atoms with Gasteiger partial charge in [0.1, 0.15) is 0 Å². The molecule has 3 aromatic rings. The summed E-state index contributed by atoms with van der Waals surface area (Å²) in [7, 11) is 0. The van der Waals surface area contributed by atoms with Crippen LogP contribution in [0.2, 0.25) is 0 Å². The maximum absolute atomic E-state index is 12.8. The molecule has 0 unspecified atom stereocenters. The number of nitro benzene ring substituents is 1. The molecule has 1 saturated heterocycles. The van der Waals surface area contributed by atoms with E-state index >= 15 is 0 Å². The molecule has 1 fully saturated rings. The lowest BCUT2D eigenvalue weighted by atomic mass is 10.1. The summed E-state index contributed by atoms with van der Waals surface area (Å²) in [5.74, 6) is -0.233. The summed E-state index contributed by atoms with van der Waals surface area (Å²) < 4.78 is 2.05. The lowest BCUT2D eigenvalue weighted by Crippen LogP contribution is -2.29. The second-order valence-corrected chi connectivity index (χ2v) is 8.69. The van der Waals surface area contributed by atoms with Gasteiger partial charge in [-0.15, -0.1) is 0 Å². The van der Waals surface area contributed by atoms with Gasteiger partial charge in [0.05, 0.1) is 9.83 Å². The molecule has 1 aromatic heterocycles. The van der Waals surface area contributed by atoms with Crippen molar-refractivity contribution < 1.29 is 14.5 Å². The van der Waals surface area contributed by atoms with Gasteiger partial charge in [-0.1, -0.05) is 50.1 Å². The van der Waals surface area contributed by atoms with E-state index in [0.29, 0.717) is 18.0 Å². The number of rotatable bonds is 8. The first kappa shape index (κ1) is 21.8. The number of carbonyl (C=O) groups is 2. The molecule has 0 saturated carbocycles. The number of fused-ring (bicyclic) bond motifs is 1. The van der Waals surface area contributed by atoms with Gasteiger partial charge in [-0.3, -0.25) is 24.6 Å². The van der Waals surface area contributed by atoms with Gasteiger partial charge < -0.3 is 4.57 Å². The Kier molecular flexibility index (Phi) is 6.41. The second kappa shape index (κ2) is 9.40. The van der Waals surface area contributed by atoms with Crippen LogP contribution in [0.4, 0.5) is 10.5 Å². The molecule has 0 atom stereocenters. The predicted octanol–water partition coefficient (Wildman–Crippen LogP) is 5.82. The Morgan fingerprint density at radius 3 is 2.53 bits per heavy atom. The molecule has 1 aliphatic heterocycles. The smallest absolute Gasteiger partial charge is 0.293 e. The maximum Gasteiger partial charge on any atom is 0.293 e. The molecule has 0 N–H and O–H groups in total. The molecule has 2 amide bonds. The third kappa shape index (κ3) is 4.45. The summed E-state index contributed by atoms with van der Waals surface area (Å²) in [5, 5.41) is 11.7. The van der Waals surface area contributed by atoms with Crippen molar-refractivity contribution in [2.75, 3.05) is 6.54 Å². The van der Waals surface area contributed by atoms with Crippen LogP contribution < -0.4 is 0 Å². The van der Waals surface area contributed by atoms with Crippen molar-refractivity contribution in [3.63, 3.8) is 0 Å². The first-order chi connectivity index (χ1) is 15.5. The van der Waals surface area contributed by atoms with Crippen molar-refractivity contribution in [1.29, 1.82) is 0 Å². The van der Waals surface area contributed by atoms with Crippen LogP contribution in [-0.4, -0.2) is 32.1 Å². The highest BCUT2D eigenvalue weighted by atomic mass is 32.2. The van der Waals surface area contributed by atoms with Crippen molar-refractivity contribution in [2.24, 2.45) is 0 Å². The number of hydrogen-bond acceptors (Lipinski definition) is 5. The number of benzene rings is 2. The fourth-order valence-corrected chi connectivity index (χ4v) is 4.65. The number of carbonyl (C=O) groups excluding carboxylic acids is 2. The summed E-state index contributed by atoms with van der Waals surface area (Å²) in [4.78, 5) is 37.4. The molecule has 164 valence electrons. The minimum atomic E-state index is -0.414. The molecule has 1 aliphatic rings. The van der Waals surface area contributed by atoms with E-state index in [1.165, 1.54) is 17.0 Å². The molecule has 0 radical (unpaired) electrons. The molecule has 4 rings (SSSR count). The van der Waals surface area contributed by atoms with Gasteiger partial charge >= 0.3 is 0 Å². The van der Waals surface area contributed by atoms with Crippen LogP contribution in [0.1, 0.15) is 37.3 Å². The number of nitro groups is 1. The number of thioether (sulfide) groups is 1. The van der Waals surface area contributed by atoms with Crippen molar-refractivity contribution in [2.45, 2.75) is 32.7 Å². The molecule has 32 heavy (non-hydrogen) atoms. The fourth-order valence-electron chi connectivity index (χ4n) is 3.79. The standard InChI is InChI=1S/C24H23N3O4S/c1-2-3-6-13-26-23(28)22(32-24(26)29)14-18-16-25(21-8-5-4-7-20(18)21)15-17-9-11-19(12-10-17)27(30)31/h4-5,7-12,14,16H,2-3,6,13,15H2,1H3/b22-14-. The van der Waals surface area contributed by atoms with Crippen LogP contribution in [0.3, 0.4) is 0 Å². The highest BCUT2D eigenvalue weighted by Gasteiger charge is 2.34. The van der Waals surface area contributed by atoms with E-state index in [1.807, 2.05) is 35.0 Å². The molecule has 2 aromatic carbocycles. The monoisotopic (exact) mass is 449 g/mol. The zero-order valence-corrected chi connectivity index (χ0v) is 18.5. The molecule has 0 bridgehead atoms. The average molecular weight is 450 g/mol. The molecular weight excluding hydrogens is 426 g/mol. The summed E-state index contributed by atoms with van der Waals surface area (Å²) >= 11 is 0.986. The van der Waals surface area contributed by atoms with Crippen LogP contribution in [0, 0.1) is 10.1 Å². The number of amides is 2. The summed E-state index contributed by atoms with van der Waals surface area (Å²) in [6.45, 7) is 3.07. The van der Waals surface area contributed by atoms with E-state index in [2.05, 4.69) is 6.92 Å². The van der Waals surface area contributed by atoms with Crippen LogP contribution in [0.15, 0.2) is 59.6 Å². The molecule has 7 nitrogen and oxygen atoms in total. The number of nitrogens with zero attached hydrogens (tertiary/aromatic N) is 3. The van der Waals surface area contributed by atoms with Gasteiger partial charge in [-0.2, -0.15) is 0 Å². The van der Waals surface area contributed by atoms with Gasteiger partial charge in [-0.25, -0.2) is 0 Å². The minimum absolute atomic E-state index is 0.0569. The molecule has 8 heteroatoms. The Morgan fingerprint density at radius 1 is 1.06 bits per heavy atom. The van der Waals surface area contributed by atoms with E-state index in [4.69, 9.17) is 0 Å². The lowest BCUT2D eigenvalue weighted by Gasteiger charge is -2.11. The molecule has 0 aliphatic carbocycles. The fraction of sp³-hybridized carbons (Fsp3) is 0.250. The van der Waals surface area contributed by atoms with Gasteiger partial charge in [0.15, 0.2) is 0 Å². The Bertz CT molecular complexity index is 1210. The minimum Gasteiger partial charge on any atom is -0.342 e. The van der Waals surface area contributed by atoms with Crippen molar-refractivity contribution >= 4 is 45.6 Å². The largest absolute Gasteiger partial charge is 0.342 e. The lowest BCUT2D eigenvalue weighted by molar-refractivity contribution is -0.384.